The van der Waals surface area contributed by atoms with E-state index in [4.69, 9.17) is 9.26 Å². The molecule has 1 fully saturated rings. The van der Waals surface area contributed by atoms with Crippen molar-refractivity contribution in [3.8, 4) is 0 Å². The Labute approximate surface area is 136 Å². The molecule has 2 aromatic rings. The van der Waals surface area contributed by atoms with Crippen molar-refractivity contribution in [3.63, 3.8) is 0 Å². The second kappa shape index (κ2) is 7.42. The fourth-order valence-electron chi connectivity index (χ4n) is 2.83. The van der Waals surface area contributed by atoms with Crippen LogP contribution in [0.15, 0.2) is 40.9 Å². The van der Waals surface area contributed by atoms with Crippen LogP contribution in [-0.4, -0.2) is 41.8 Å². The third-order valence-electron chi connectivity index (χ3n) is 4.16. The monoisotopic (exact) mass is 314 g/mol. The van der Waals surface area contributed by atoms with Gasteiger partial charge < -0.3 is 14.2 Å². The quantitative estimate of drug-likeness (QED) is 0.851. The van der Waals surface area contributed by atoms with Crippen LogP contribution in [0.5, 0.6) is 0 Å². The summed E-state index contributed by atoms with van der Waals surface area (Å²) >= 11 is 0. The lowest BCUT2D eigenvalue weighted by Gasteiger charge is -2.31. The van der Waals surface area contributed by atoms with E-state index < -0.39 is 0 Å². The number of amides is 1. The summed E-state index contributed by atoms with van der Waals surface area (Å²) in [6.07, 6.45) is 2.90. The summed E-state index contributed by atoms with van der Waals surface area (Å²) in [7, 11) is 0. The molecule has 1 aliphatic heterocycles. The van der Waals surface area contributed by atoms with Gasteiger partial charge in [-0.25, -0.2) is 0 Å². The Hall–Kier alpha value is -2.14. The maximum Gasteiger partial charge on any atom is 0.292 e. The Morgan fingerprint density at radius 1 is 1.30 bits per heavy atom. The van der Waals surface area contributed by atoms with E-state index in [-0.39, 0.29) is 12.0 Å². The lowest BCUT2D eigenvalue weighted by Crippen LogP contribution is -2.40. The summed E-state index contributed by atoms with van der Waals surface area (Å²) < 4.78 is 11.0. The summed E-state index contributed by atoms with van der Waals surface area (Å²) in [4.78, 5) is 14.1. The molecule has 1 amide bonds. The number of piperidine rings is 1. The Morgan fingerprint density at radius 3 is 2.70 bits per heavy atom. The van der Waals surface area contributed by atoms with Gasteiger partial charge in [-0.1, -0.05) is 35.5 Å². The van der Waals surface area contributed by atoms with Crippen molar-refractivity contribution in [1.29, 1.82) is 0 Å². The van der Waals surface area contributed by atoms with Crippen LogP contribution in [0.2, 0.25) is 0 Å². The van der Waals surface area contributed by atoms with Crippen molar-refractivity contribution in [2.24, 2.45) is 0 Å². The van der Waals surface area contributed by atoms with Crippen LogP contribution in [0.1, 0.15) is 34.7 Å². The van der Waals surface area contributed by atoms with Crippen LogP contribution >= 0.6 is 0 Å². The van der Waals surface area contributed by atoms with Gasteiger partial charge in [-0.3, -0.25) is 4.79 Å². The standard InChI is InChI=1S/C18H22N2O3/c1-14-13-17(23-19-14)18(21)20-10-7-16(8-11-20)22-12-9-15-5-3-2-4-6-15/h2-6,13,16H,7-12H2,1H3. The SMILES string of the molecule is Cc1cc(C(=O)N2CCC(OCCc3ccccc3)CC2)on1. The van der Waals surface area contributed by atoms with Crippen molar-refractivity contribution in [2.75, 3.05) is 19.7 Å². The summed E-state index contributed by atoms with van der Waals surface area (Å²) in [6.45, 7) is 3.94. The average Bonchev–Trinajstić information content (AvgIpc) is 3.02. The van der Waals surface area contributed by atoms with Gasteiger partial charge in [0.05, 0.1) is 18.4 Å². The number of nitrogens with zero attached hydrogens (tertiary/aromatic N) is 2. The molecule has 1 saturated heterocycles. The number of aromatic nitrogens is 1. The minimum Gasteiger partial charge on any atom is -0.378 e. The minimum atomic E-state index is -0.0756. The zero-order valence-corrected chi connectivity index (χ0v) is 13.4. The van der Waals surface area contributed by atoms with Crippen LogP contribution in [0.4, 0.5) is 0 Å². The number of ether oxygens (including phenoxy) is 1. The van der Waals surface area contributed by atoms with Crippen LogP contribution in [-0.2, 0) is 11.2 Å². The Balaban J connectivity index is 1.41. The molecule has 1 aromatic carbocycles. The number of aryl methyl sites for hydroxylation is 1. The van der Waals surface area contributed by atoms with Crippen molar-refractivity contribution in [2.45, 2.75) is 32.3 Å². The lowest BCUT2D eigenvalue weighted by atomic mass is 10.1. The second-order valence-electron chi connectivity index (χ2n) is 5.93. The molecular formula is C18H22N2O3. The molecule has 5 nitrogen and oxygen atoms in total. The van der Waals surface area contributed by atoms with Gasteiger partial charge >= 0.3 is 0 Å². The van der Waals surface area contributed by atoms with E-state index in [1.54, 1.807) is 6.07 Å². The molecule has 0 atom stereocenters. The van der Waals surface area contributed by atoms with Crippen molar-refractivity contribution in [1.82, 2.24) is 10.1 Å². The van der Waals surface area contributed by atoms with Gasteiger partial charge in [0.1, 0.15) is 0 Å². The first-order valence-corrected chi connectivity index (χ1v) is 8.10. The first-order chi connectivity index (χ1) is 11.2. The highest BCUT2D eigenvalue weighted by molar-refractivity contribution is 5.91. The average molecular weight is 314 g/mol. The second-order valence-corrected chi connectivity index (χ2v) is 5.93. The normalized spacial score (nSPS) is 15.8. The highest BCUT2D eigenvalue weighted by Gasteiger charge is 2.26. The fraction of sp³-hybridized carbons (Fsp3) is 0.444. The maximum absolute atomic E-state index is 12.3. The third-order valence-corrected chi connectivity index (χ3v) is 4.16. The van der Waals surface area contributed by atoms with Gasteiger partial charge in [0, 0.05) is 19.2 Å². The third kappa shape index (κ3) is 4.20. The predicted molar refractivity (Wildman–Crippen MR) is 86.3 cm³/mol. The summed E-state index contributed by atoms with van der Waals surface area (Å²) in [5.41, 5.74) is 2.02. The van der Waals surface area contributed by atoms with Crippen molar-refractivity contribution >= 4 is 5.91 Å². The van der Waals surface area contributed by atoms with Gasteiger partial charge in [-0.05, 0) is 31.7 Å². The lowest BCUT2D eigenvalue weighted by molar-refractivity contribution is 0.00899. The highest BCUT2D eigenvalue weighted by Crippen LogP contribution is 2.17. The molecule has 0 saturated carbocycles. The van der Waals surface area contributed by atoms with E-state index in [1.165, 1.54) is 5.56 Å². The van der Waals surface area contributed by atoms with Gasteiger partial charge in [0.2, 0.25) is 5.76 Å². The molecule has 2 heterocycles. The molecule has 0 unspecified atom stereocenters. The molecule has 0 radical (unpaired) electrons. The van der Waals surface area contributed by atoms with Gasteiger partial charge in [-0.15, -0.1) is 0 Å². The van der Waals surface area contributed by atoms with Crippen LogP contribution in [0.3, 0.4) is 0 Å². The number of hydrogen-bond donors (Lipinski definition) is 0. The molecule has 1 aliphatic rings. The zero-order valence-electron chi connectivity index (χ0n) is 13.4. The zero-order chi connectivity index (χ0) is 16.1. The molecule has 0 aliphatic carbocycles. The molecule has 0 spiro atoms. The topological polar surface area (TPSA) is 55.6 Å². The Kier molecular flexibility index (Phi) is 5.08. The van der Waals surface area contributed by atoms with Gasteiger partial charge in [0.15, 0.2) is 0 Å². The van der Waals surface area contributed by atoms with E-state index >= 15 is 0 Å². The number of rotatable bonds is 5. The first kappa shape index (κ1) is 15.7. The molecule has 0 bridgehead atoms. The predicted octanol–water partition coefficient (Wildman–Crippen LogP) is 2.85. The smallest absolute Gasteiger partial charge is 0.292 e. The minimum absolute atomic E-state index is 0.0756. The fourth-order valence-corrected chi connectivity index (χ4v) is 2.83. The number of carbonyl (C=O) groups is 1. The van der Waals surface area contributed by atoms with E-state index in [1.807, 2.05) is 30.0 Å². The van der Waals surface area contributed by atoms with Crippen LogP contribution in [0, 0.1) is 6.92 Å². The number of hydrogen-bond acceptors (Lipinski definition) is 4. The highest BCUT2D eigenvalue weighted by atomic mass is 16.5. The summed E-state index contributed by atoms with van der Waals surface area (Å²) in [5, 5.41) is 3.77. The number of carbonyl (C=O) groups excluding carboxylic acids is 1. The summed E-state index contributed by atoms with van der Waals surface area (Å²) in [6, 6.07) is 12.0. The molecule has 3 rings (SSSR count). The van der Waals surface area contributed by atoms with Gasteiger partial charge in [0.25, 0.3) is 5.91 Å². The molecular weight excluding hydrogens is 292 g/mol. The maximum atomic E-state index is 12.3. The van der Waals surface area contributed by atoms with E-state index in [2.05, 4.69) is 17.3 Å². The van der Waals surface area contributed by atoms with E-state index in [0.717, 1.165) is 31.6 Å². The first-order valence-electron chi connectivity index (χ1n) is 8.10. The van der Waals surface area contributed by atoms with Crippen molar-refractivity contribution < 1.29 is 14.1 Å². The van der Waals surface area contributed by atoms with Gasteiger partial charge in [-0.2, -0.15) is 0 Å². The molecule has 5 heteroatoms. The Bertz CT molecular complexity index is 631. The largest absolute Gasteiger partial charge is 0.378 e. The molecule has 0 N–H and O–H groups in total. The number of likely N-dealkylation sites (tertiary alicyclic amines) is 1. The molecule has 23 heavy (non-hydrogen) atoms. The molecule has 122 valence electrons. The Morgan fingerprint density at radius 2 is 2.04 bits per heavy atom. The molecule has 1 aromatic heterocycles. The van der Waals surface area contributed by atoms with Crippen molar-refractivity contribution in [3.05, 3.63) is 53.4 Å². The summed E-state index contributed by atoms with van der Waals surface area (Å²) in [5.74, 6) is 0.249. The van der Waals surface area contributed by atoms with Crippen LogP contribution in [0.25, 0.3) is 0 Å². The van der Waals surface area contributed by atoms with E-state index in [9.17, 15) is 4.79 Å². The number of benzene rings is 1. The van der Waals surface area contributed by atoms with E-state index in [0.29, 0.717) is 18.8 Å². The van der Waals surface area contributed by atoms with Crippen LogP contribution < -0.4 is 0 Å².